The summed E-state index contributed by atoms with van der Waals surface area (Å²) < 4.78 is 0. The zero-order chi connectivity index (χ0) is 46.5. The highest BCUT2D eigenvalue weighted by molar-refractivity contribution is 5.97. The van der Waals surface area contributed by atoms with Gasteiger partial charge in [-0.1, -0.05) is 32.0 Å². The molecule has 1 heterocycles. The third-order valence-corrected chi connectivity index (χ3v) is 9.32. The molecule has 0 spiro atoms. The average molecular weight is 875 g/mol. The number of carbonyl (C=O) groups excluding carboxylic acids is 6. The summed E-state index contributed by atoms with van der Waals surface area (Å²) in [4.78, 5) is 102. The van der Waals surface area contributed by atoms with Crippen LogP contribution < -0.4 is 60.6 Å². The number of fused-ring (bicyclic) bond motifs is 1. The molecule has 2 rings (SSSR count). The number of H-pyrrole nitrogens is 1. The molecule has 20 N–H and O–H groups in total. The largest absolute Gasteiger partial charge is 0.480 e. The highest BCUT2D eigenvalue weighted by atomic mass is 16.4. The van der Waals surface area contributed by atoms with Crippen LogP contribution in [-0.4, -0.2) is 142 Å². The van der Waals surface area contributed by atoms with Crippen LogP contribution in [0.3, 0.4) is 0 Å². The van der Waals surface area contributed by atoms with E-state index in [1.165, 1.54) is 6.92 Å². The summed E-state index contributed by atoms with van der Waals surface area (Å²) in [5, 5.41) is 45.2. The number of aliphatic carboxylic acids is 1. The summed E-state index contributed by atoms with van der Waals surface area (Å²) in [6.07, 6.45) is 2.26. The van der Waals surface area contributed by atoms with Crippen molar-refractivity contribution in [1.29, 1.82) is 0 Å². The van der Waals surface area contributed by atoms with E-state index in [1.807, 2.05) is 18.2 Å². The first-order chi connectivity index (χ1) is 29.3. The van der Waals surface area contributed by atoms with Gasteiger partial charge in [0, 0.05) is 36.6 Å². The van der Waals surface area contributed by atoms with Crippen molar-refractivity contribution in [2.45, 2.75) is 102 Å². The highest BCUT2D eigenvalue weighted by Gasteiger charge is 2.33. The van der Waals surface area contributed by atoms with E-state index in [4.69, 9.17) is 28.7 Å². The number of rotatable bonds is 27. The lowest BCUT2D eigenvalue weighted by Gasteiger charge is -2.27. The van der Waals surface area contributed by atoms with Crippen molar-refractivity contribution >= 4 is 64.2 Å². The number of aliphatic imine (C=N–C) groups is 2. The van der Waals surface area contributed by atoms with Crippen LogP contribution in [-0.2, 0) is 40.0 Å². The Kier molecular flexibility index (Phi) is 21.6. The molecule has 1 aromatic heterocycles. The zero-order valence-corrected chi connectivity index (χ0v) is 35.1. The molecule has 0 aliphatic heterocycles. The Morgan fingerprint density at radius 3 is 1.68 bits per heavy atom. The van der Waals surface area contributed by atoms with Crippen LogP contribution in [0.25, 0.3) is 10.9 Å². The summed E-state index contributed by atoms with van der Waals surface area (Å²) in [6.45, 7) is 3.19. The minimum absolute atomic E-state index is 0.0360. The van der Waals surface area contributed by atoms with Crippen molar-refractivity contribution in [3.8, 4) is 0 Å². The first-order valence-corrected chi connectivity index (χ1v) is 20.0. The molecule has 0 bridgehead atoms. The van der Waals surface area contributed by atoms with Crippen molar-refractivity contribution in [2.75, 3.05) is 26.3 Å². The van der Waals surface area contributed by atoms with Gasteiger partial charge in [0.25, 0.3) is 0 Å². The molecule has 344 valence electrons. The van der Waals surface area contributed by atoms with Crippen molar-refractivity contribution in [3.63, 3.8) is 0 Å². The number of hydrogen-bond donors (Lipinski definition) is 15. The molecule has 0 fully saturated rings. The third kappa shape index (κ3) is 17.6. The van der Waals surface area contributed by atoms with Gasteiger partial charge in [-0.3, -0.25) is 38.8 Å². The number of carboxylic acid groups (broad SMARTS) is 1. The number of carbonyl (C=O) groups is 7. The third-order valence-electron chi connectivity index (χ3n) is 9.32. The predicted octanol–water partition coefficient (Wildman–Crippen LogP) is -4.81. The number of guanidine groups is 2. The van der Waals surface area contributed by atoms with E-state index in [-0.39, 0.29) is 63.0 Å². The van der Waals surface area contributed by atoms with Gasteiger partial charge in [0.2, 0.25) is 35.4 Å². The van der Waals surface area contributed by atoms with Gasteiger partial charge in [0.15, 0.2) is 11.9 Å². The number of carboxylic acids is 1. The molecular weight excluding hydrogens is 813 g/mol. The predicted molar refractivity (Wildman–Crippen MR) is 228 cm³/mol. The fraction of sp³-hybridized carbons (Fsp3) is 0.553. The van der Waals surface area contributed by atoms with E-state index in [1.54, 1.807) is 26.1 Å². The van der Waals surface area contributed by atoms with Crippen LogP contribution in [0, 0.1) is 5.92 Å². The zero-order valence-electron chi connectivity index (χ0n) is 35.1. The van der Waals surface area contributed by atoms with Crippen LogP contribution in [0.5, 0.6) is 0 Å². The standard InChI is InChI=1S/C38H62N14O10/c1-19(2)14-26(33(58)50-27(36(61)62)15-21-16-46-24-10-5-4-8-22(21)24)49-32(57)25(11-7-13-45-38(42)43)48-34(59)29(18-54)52-35(60)28(17-53)51-30(55)20(3)47-31(56)23(39)9-6-12-44-37(40)41/h4-5,8,10,16,19-20,23,25-29,46,53-54H,6-7,9,11-15,17-18,39H2,1-3H3,(H,47,56)(H,48,59)(H,49,57)(H,50,58)(H,51,55)(H,52,60)(H,61,62)(H4,40,41,44)(H4,42,43,45)/t20-,23-,25-,26-,27-,28-,29-/m0/s1. The number of para-hydroxylation sites is 1. The summed E-state index contributed by atoms with van der Waals surface area (Å²) in [5.74, 6) is -7.22. The van der Waals surface area contributed by atoms with Gasteiger partial charge in [0.1, 0.15) is 36.3 Å². The summed E-state index contributed by atoms with van der Waals surface area (Å²) >= 11 is 0. The topological polar surface area (TPSA) is 423 Å². The molecule has 24 heteroatoms. The Balaban J connectivity index is 2.16. The quantitative estimate of drug-likeness (QED) is 0.0228. The molecule has 0 radical (unpaired) electrons. The molecule has 62 heavy (non-hydrogen) atoms. The Morgan fingerprint density at radius 2 is 1.13 bits per heavy atom. The number of aromatic amines is 1. The number of hydrogen-bond acceptors (Lipinski definition) is 12. The second kappa shape index (κ2) is 25.9. The van der Waals surface area contributed by atoms with Gasteiger partial charge in [-0.05, 0) is 56.6 Å². The van der Waals surface area contributed by atoms with Crippen molar-refractivity contribution in [2.24, 2.45) is 44.6 Å². The Morgan fingerprint density at radius 1 is 0.645 bits per heavy atom. The van der Waals surface area contributed by atoms with Crippen LogP contribution in [0.4, 0.5) is 0 Å². The fourth-order valence-electron chi connectivity index (χ4n) is 6.01. The van der Waals surface area contributed by atoms with Crippen LogP contribution in [0.15, 0.2) is 40.4 Å². The van der Waals surface area contributed by atoms with Gasteiger partial charge in [-0.25, -0.2) is 4.79 Å². The van der Waals surface area contributed by atoms with E-state index >= 15 is 0 Å². The number of nitrogens with two attached hydrogens (primary N) is 5. The second-order valence-electron chi connectivity index (χ2n) is 14.9. The fourth-order valence-corrected chi connectivity index (χ4v) is 6.01. The molecule has 0 saturated heterocycles. The van der Waals surface area contributed by atoms with Gasteiger partial charge in [-0.2, -0.15) is 0 Å². The molecule has 7 atom stereocenters. The number of aromatic nitrogens is 1. The minimum atomic E-state index is -1.72. The molecule has 0 unspecified atom stereocenters. The Bertz CT molecular complexity index is 1900. The molecular formula is C38H62N14O10. The lowest BCUT2D eigenvalue weighted by molar-refractivity contribution is -0.142. The molecule has 0 aliphatic rings. The molecule has 2 aromatic rings. The molecule has 0 saturated carbocycles. The van der Waals surface area contributed by atoms with E-state index in [0.717, 1.165) is 10.9 Å². The van der Waals surface area contributed by atoms with Crippen LogP contribution in [0.1, 0.15) is 58.4 Å². The van der Waals surface area contributed by atoms with Crippen molar-refractivity contribution < 1.29 is 48.9 Å². The number of nitrogens with zero attached hydrogens (tertiary/aromatic N) is 2. The van der Waals surface area contributed by atoms with Crippen molar-refractivity contribution in [1.82, 2.24) is 36.9 Å². The number of nitrogens with one attached hydrogen (secondary N) is 7. The highest BCUT2D eigenvalue weighted by Crippen LogP contribution is 2.19. The number of aliphatic hydroxyl groups is 2. The molecule has 0 aliphatic carbocycles. The minimum Gasteiger partial charge on any atom is -0.480 e. The maximum atomic E-state index is 13.8. The van der Waals surface area contributed by atoms with Crippen LogP contribution in [0.2, 0.25) is 0 Å². The number of aliphatic hydroxyl groups excluding tert-OH is 2. The monoisotopic (exact) mass is 874 g/mol. The summed E-state index contributed by atoms with van der Waals surface area (Å²) in [5.41, 5.74) is 28.7. The molecule has 6 amide bonds. The molecule has 1 aromatic carbocycles. The lowest BCUT2D eigenvalue weighted by Crippen LogP contribution is -2.61. The first kappa shape index (κ1) is 51.6. The smallest absolute Gasteiger partial charge is 0.326 e. The van der Waals surface area contributed by atoms with E-state index in [2.05, 4.69) is 46.9 Å². The van der Waals surface area contributed by atoms with Gasteiger partial charge < -0.3 is 80.9 Å². The maximum Gasteiger partial charge on any atom is 0.326 e. The SMILES string of the molecule is CC(C)C[C@H](NC(=O)[C@H](CCCN=C(N)N)NC(=O)[C@H](CO)NC(=O)[C@H](CO)NC(=O)[C@H](C)NC(=O)[C@@H](N)CCCN=C(N)N)C(=O)N[C@@H](Cc1c[nH]c2ccccc12)C(=O)O. The maximum absolute atomic E-state index is 13.8. The first-order valence-electron chi connectivity index (χ1n) is 20.0. The van der Waals surface area contributed by atoms with Crippen molar-refractivity contribution in [3.05, 3.63) is 36.0 Å². The normalized spacial score (nSPS) is 14.4. The van der Waals surface area contributed by atoms with E-state index in [0.29, 0.717) is 12.0 Å². The number of benzene rings is 1. The summed E-state index contributed by atoms with van der Waals surface area (Å²) in [7, 11) is 0. The van der Waals surface area contributed by atoms with Gasteiger partial charge in [-0.15, -0.1) is 0 Å². The van der Waals surface area contributed by atoms with E-state index < -0.39 is 96.9 Å². The van der Waals surface area contributed by atoms with Crippen LogP contribution >= 0.6 is 0 Å². The average Bonchev–Trinajstić information content (AvgIpc) is 3.62. The van der Waals surface area contributed by atoms with Gasteiger partial charge in [0.05, 0.1) is 19.3 Å². The lowest BCUT2D eigenvalue weighted by atomic mass is 10.0. The Labute approximate surface area is 358 Å². The number of amides is 6. The second-order valence-corrected chi connectivity index (χ2v) is 14.9. The molecule has 24 nitrogen and oxygen atoms in total. The summed E-state index contributed by atoms with van der Waals surface area (Å²) in [6, 6.07) is -2.39. The van der Waals surface area contributed by atoms with Gasteiger partial charge >= 0.3 is 5.97 Å². The Hall–Kier alpha value is -6.53. The van der Waals surface area contributed by atoms with E-state index in [9.17, 15) is 48.9 Å².